The number of aliphatic hydroxyl groups is 1. The van der Waals surface area contributed by atoms with Gasteiger partial charge in [0, 0.05) is 258 Å². The van der Waals surface area contributed by atoms with E-state index >= 15 is 33.6 Å². The number of imide groups is 1. The number of amides is 20. The largest absolute Gasteiger partial charge is 0.390 e. The number of likely N-dealkylation sites (tertiary alicyclic amines) is 5. The molecule has 0 aromatic carbocycles. The van der Waals surface area contributed by atoms with E-state index in [9.17, 15) is 67.4 Å². The van der Waals surface area contributed by atoms with Gasteiger partial charge in [-0.25, -0.2) is 0 Å². The van der Waals surface area contributed by atoms with Crippen LogP contribution in [0.2, 0.25) is 0 Å². The summed E-state index contributed by atoms with van der Waals surface area (Å²) in [5.41, 5.74) is 5.47. The molecule has 828 valence electrons. The Morgan fingerprint density at radius 1 is 0.336 bits per heavy atom. The van der Waals surface area contributed by atoms with Crippen molar-refractivity contribution in [2.45, 2.75) is 141 Å². The smallest absolute Gasteiger partial charge is 0.242 e. The third-order valence-electron chi connectivity index (χ3n) is 25.2. The van der Waals surface area contributed by atoms with Crippen LogP contribution < -0.4 is 11.1 Å². The van der Waals surface area contributed by atoms with E-state index in [1.165, 1.54) is 98.0 Å². The first-order valence-electron chi connectivity index (χ1n) is 50.7. The summed E-state index contributed by atoms with van der Waals surface area (Å²) >= 11 is 1.17. The molecule has 0 spiro atoms. The molecule has 0 bridgehead atoms. The molecule has 0 aromatic heterocycles. The van der Waals surface area contributed by atoms with E-state index in [1.54, 1.807) is 19.6 Å². The van der Waals surface area contributed by atoms with E-state index < -0.39 is 178 Å². The zero-order valence-corrected chi connectivity index (χ0v) is 88.5. The highest BCUT2D eigenvalue weighted by molar-refractivity contribution is 8.00. The van der Waals surface area contributed by atoms with Gasteiger partial charge < -0.3 is 137 Å². The van der Waals surface area contributed by atoms with E-state index in [0.717, 1.165) is 34.3 Å². The Labute approximate surface area is 861 Å². The van der Waals surface area contributed by atoms with Gasteiger partial charge in [0.2, 0.25) is 118 Å². The van der Waals surface area contributed by atoms with Crippen molar-refractivity contribution in [1.29, 1.82) is 0 Å². The number of primary amides is 1. The number of nitrogens with one attached hydrogen (secondary N) is 1. The van der Waals surface area contributed by atoms with Gasteiger partial charge in [0.05, 0.1) is 149 Å². The molecule has 0 aromatic rings. The number of hydrogen-bond acceptors (Lipinski definition) is 31. The number of nitrogens with two attached hydrogens (primary N) is 1. The normalized spacial score (nSPS) is 14.8. The SMILES string of the molecule is COCCN(CC(N)=O)C(=O)CN(CCOC)C(=O)CN(CCOC)C(=O)CN(CCCN1CCCC1=O)C(=O)CN(CCOC)C(=O)CN(CCCN1CCCC1=O)C(=O)CN(CCOC)C(=O)CN(CCCN1CCCC1=O)C(=O)CN(CCOC)C(=O)CN(CCCN1CCCC1=O)C(=O)CN(CCOC)C(=O)CN(CCOC)C(=O)CCCCCNC(=O)CCN1C(=O)CC(SCC(O)COCC(C)C)C1=O. The summed E-state index contributed by atoms with van der Waals surface area (Å²) in [6, 6.07) is 0. The second-order valence-corrected chi connectivity index (χ2v) is 38.2. The van der Waals surface area contributed by atoms with Crippen molar-refractivity contribution in [2.24, 2.45) is 11.7 Å². The van der Waals surface area contributed by atoms with E-state index in [2.05, 4.69) is 5.32 Å². The van der Waals surface area contributed by atoms with E-state index in [4.69, 9.17) is 48.4 Å². The lowest BCUT2D eigenvalue weighted by atomic mass is 10.1. The van der Waals surface area contributed by atoms with Crippen LogP contribution in [-0.4, -0.2) is 569 Å². The van der Waals surface area contributed by atoms with Crippen molar-refractivity contribution < 1.29 is 144 Å². The van der Waals surface area contributed by atoms with Gasteiger partial charge in [-0.05, 0) is 70.1 Å². The summed E-state index contributed by atoms with van der Waals surface area (Å²) in [7, 11) is 11.1. The molecule has 5 rings (SSSR count). The minimum absolute atomic E-state index is 0.00968. The summed E-state index contributed by atoms with van der Waals surface area (Å²) < 4.78 is 48.3. The van der Waals surface area contributed by atoms with Crippen LogP contribution in [0.4, 0.5) is 0 Å². The number of hydrogen-bond donors (Lipinski definition) is 3. The van der Waals surface area contributed by atoms with E-state index in [-0.39, 0.29) is 263 Å². The third kappa shape index (κ3) is 47.4. The Bertz CT molecular complexity index is 4170. The summed E-state index contributed by atoms with van der Waals surface area (Å²) in [5.74, 6) is -10.6. The zero-order chi connectivity index (χ0) is 107. The lowest BCUT2D eigenvalue weighted by molar-refractivity contribution is -0.150. The van der Waals surface area contributed by atoms with Crippen LogP contribution in [0.1, 0.15) is 129 Å². The highest BCUT2D eigenvalue weighted by Gasteiger charge is 2.41. The molecule has 2 unspecified atom stereocenters. The molecule has 5 aliphatic rings. The molecule has 2 atom stereocenters. The van der Waals surface area contributed by atoms with Crippen molar-refractivity contribution in [2.75, 3.05) is 351 Å². The van der Waals surface area contributed by atoms with Crippen LogP contribution in [0, 0.1) is 5.92 Å². The molecule has 49 nitrogen and oxygen atoms in total. The number of carbonyl (C=O) groups is 20. The van der Waals surface area contributed by atoms with Gasteiger partial charge in [0.1, 0.15) is 0 Å². The van der Waals surface area contributed by atoms with Crippen LogP contribution in [0.15, 0.2) is 0 Å². The lowest BCUT2D eigenvalue weighted by Gasteiger charge is -2.33. The maximum absolute atomic E-state index is 15.3. The molecular formula is C96H163N19O30S. The van der Waals surface area contributed by atoms with Crippen molar-refractivity contribution in [3.63, 3.8) is 0 Å². The average Bonchev–Trinajstić information content (AvgIpc) is 1.72. The van der Waals surface area contributed by atoms with Crippen LogP contribution in [0.25, 0.3) is 0 Å². The summed E-state index contributed by atoms with van der Waals surface area (Å²) in [5, 5.41) is 12.4. The Hall–Kier alpha value is -10.4. The van der Waals surface area contributed by atoms with Crippen LogP contribution in [0.5, 0.6) is 0 Å². The number of ether oxygens (including phenoxy) is 9. The highest BCUT2D eigenvalue weighted by Crippen LogP contribution is 2.27. The molecule has 50 heteroatoms. The maximum atomic E-state index is 15.3. The monoisotopic (exact) mass is 2090 g/mol. The number of nitrogens with zero attached hydrogens (tertiary/aromatic N) is 17. The summed E-state index contributed by atoms with van der Waals surface area (Å²) in [4.78, 5) is 302. The fourth-order valence-electron chi connectivity index (χ4n) is 16.8. The molecular weight excluding hydrogens is 1930 g/mol. The summed E-state index contributed by atoms with van der Waals surface area (Å²) in [6.45, 7) is -2.92. The van der Waals surface area contributed by atoms with Crippen molar-refractivity contribution in [3.05, 3.63) is 0 Å². The number of rotatable bonds is 80. The second kappa shape index (κ2) is 71.2. The minimum atomic E-state index is -0.821. The van der Waals surface area contributed by atoms with Gasteiger partial charge in [0.15, 0.2) is 0 Å². The van der Waals surface area contributed by atoms with Crippen LogP contribution in [0.3, 0.4) is 0 Å². The van der Waals surface area contributed by atoms with Crippen molar-refractivity contribution in [1.82, 2.24) is 88.6 Å². The van der Waals surface area contributed by atoms with Gasteiger partial charge in [-0.15, -0.1) is 11.8 Å². The van der Waals surface area contributed by atoms with E-state index in [0.29, 0.717) is 103 Å². The Balaban J connectivity index is 1.38. The van der Waals surface area contributed by atoms with Crippen molar-refractivity contribution >= 4 is 130 Å². The topological polar surface area (TPSA) is 538 Å². The third-order valence-corrected chi connectivity index (χ3v) is 26.6. The van der Waals surface area contributed by atoms with E-state index in [1.807, 2.05) is 13.8 Å². The quantitative estimate of drug-likeness (QED) is 0.0382. The van der Waals surface area contributed by atoms with Gasteiger partial charge in [-0.3, -0.25) is 101 Å². The Morgan fingerprint density at radius 2 is 0.596 bits per heavy atom. The number of aliphatic hydroxyl groups excluding tert-OH is 1. The Kier molecular flexibility index (Phi) is 61.5. The molecule has 20 amide bonds. The predicted octanol–water partition coefficient (Wildman–Crippen LogP) is -4.40. The number of methoxy groups -OCH3 is 8. The molecule has 4 N–H and O–H groups in total. The average molecular weight is 2100 g/mol. The van der Waals surface area contributed by atoms with Gasteiger partial charge in [-0.1, -0.05) is 20.3 Å². The number of carbonyl (C=O) groups excluding carboxylic acids is 20. The molecule has 146 heavy (non-hydrogen) atoms. The fraction of sp³-hybridized carbons (Fsp3) is 0.792. The van der Waals surface area contributed by atoms with Crippen LogP contribution in [-0.2, 0) is 139 Å². The van der Waals surface area contributed by atoms with Gasteiger partial charge in [0.25, 0.3) is 0 Å². The predicted molar refractivity (Wildman–Crippen MR) is 530 cm³/mol. The van der Waals surface area contributed by atoms with Gasteiger partial charge >= 0.3 is 0 Å². The minimum Gasteiger partial charge on any atom is -0.390 e. The highest BCUT2D eigenvalue weighted by atomic mass is 32.2. The maximum Gasteiger partial charge on any atom is 0.242 e. The number of thioether (sulfide) groups is 1. The fourth-order valence-corrected chi connectivity index (χ4v) is 17.9. The zero-order valence-electron chi connectivity index (χ0n) is 87.7. The first-order valence-corrected chi connectivity index (χ1v) is 51.7. The van der Waals surface area contributed by atoms with Crippen LogP contribution >= 0.6 is 11.8 Å². The second-order valence-electron chi connectivity index (χ2n) is 36.9. The molecule has 0 aliphatic carbocycles. The summed E-state index contributed by atoms with van der Waals surface area (Å²) in [6.07, 6.45) is 4.53. The molecule has 5 fully saturated rings. The van der Waals surface area contributed by atoms with Gasteiger partial charge in [-0.2, -0.15) is 0 Å². The molecule has 5 saturated heterocycles. The lowest BCUT2D eigenvalue weighted by Crippen LogP contribution is -2.54. The van der Waals surface area contributed by atoms with Crippen molar-refractivity contribution in [3.8, 4) is 0 Å². The molecule has 0 saturated carbocycles. The molecule has 5 aliphatic heterocycles. The molecule has 5 heterocycles. The first-order chi connectivity index (χ1) is 70.0. The first kappa shape index (κ1) is 126. The standard InChI is InChI=1S/C96H163N19O30S/c1-74(2)71-145-72-75(116)73-146-76-58-84(124)115(96(76)136)41-27-78(118)98-28-13-11-12-22-83(123)108(43-51-138-4)64-94(134)112(47-55-142-8)68-88(128)105(39-20-35-101-31-16-25-81(101)121)62-92(132)110(45-53-140-6)66-86(126)103(37-18-33-99-29-14-23-79(99)119)60-90(130)109(44-52-139-5)65-85(125)104(38-19-34-100-30-15-24-80(100)120)61-91(131)111(46-54-141-7)67-87(127)106(40-21-36-102-32-17-26-82(102)122)63-93(133)114(49-57-144-10)70-95(135)113(48-56-143-9)69-89(129)107(42-50-137-3)59-77(97)117/h74-76,116H,11-73H2,1-10H3,(H2,97,117)(H,98,118). The Morgan fingerprint density at radius 3 is 0.842 bits per heavy atom. The number of unbranched alkanes of at least 4 members (excludes halogenated alkanes) is 2. The molecule has 0 radical (unpaired) electrons.